The van der Waals surface area contributed by atoms with Crippen molar-refractivity contribution in [2.75, 3.05) is 25.1 Å². The summed E-state index contributed by atoms with van der Waals surface area (Å²) in [7, 11) is 1.76. The third-order valence-corrected chi connectivity index (χ3v) is 4.52. The molecular formula is C15H17FN2OS. The molecular weight excluding hydrogens is 275 g/mol. The van der Waals surface area contributed by atoms with Crippen molar-refractivity contribution in [1.82, 2.24) is 4.98 Å². The molecule has 1 unspecified atom stereocenters. The number of hydrogen-bond donors (Lipinski definition) is 0. The van der Waals surface area contributed by atoms with Crippen LogP contribution in [0.4, 0.5) is 9.52 Å². The highest BCUT2D eigenvalue weighted by molar-refractivity contribution is 7.14. The Kier molecular flexibility index (Phi) is 3.98. The van der Waals surface area contributed by atoms with E-state index in [1.807, 2.05) is 5.38 Å². The molecule has 0 spiro atoms. The van der Waals surface area contributed by atoms with Crippen LogP contribution in [0, 0.1) is 5.82 Å². The molecule has 1 saturated heterocycles. The molecule has 0 aliphatic carbocycles. The topological polar surface area (TPSA) is 25.4 Å². The van der Waals surface area contributed by atoms with E-state index in [9.17, 15) is 4.39 Å². The highest BCUT2D eigenvalue weighted by atomic mass is 32.1. The van der Waals surface area contributed by atoms with Crippen molar-refractivity contribution < 1.29 is 9.13 Å². The lowest BCUT2D eigenvalue weighted by molar-refractivity contribution is 0.0893. The lowest BCUT2D eigenvalue weighted by Gasteiger charge is -2.31. The minimum atomic E-state index is -0.219. The molecule has 1 atom stereocenters. The number of rotatable bonds is 3. The maximum atomic E-state index is 12.9. The van der Waals surface area contributed by atoms with E-state index in [4.69, 9.17) is 4.74 Å². The van der Waals surface area contributed by atoms with Crippen LogP contribution in [0.15, 0.2) is 29.6 Å². The van der Waals surface area contributed by atoms with Crippen LogP contribution in [-0.2, 0) is 4.74 Å². The van der Waals surface area contributed by atoms with Gasteiger partial charge in [-0.3, -0.25) is 0 Å². The number of anilines is 1. The van der Waals surface area contributed by atoms with Crippen molar-refractivity contribution in [3.63, 3.8) is 0 Å². The lowest BCUT2D eigenvalue weighted by Crippen LogP contribution is -2.39. The van der Waals surface area contributed by atoms with Crippen LogP contribution < -0.4 is 4.90 Å². The molecule has 106 valence electrons. The summed E-state index contributed by atoms with van der Waals surface area (Å²) >= 11 is 1.63. The lowest BCUT2D eigenvalue weighted by atomic mass is 10.1. The Morgan fingerprint density at radius 2 is 2.15 bits per heavy atom. The minimum Gasteiger partial charge on any atom is -0.380 e. The second-order valence-corrected chi connectivity index (χ2v) is 5.80. The van der Waals surface area contributed by atoms with Gasteiger partial charge in [0.25, 0.3) is 0 Å². The average molecular weight is 292 g/mol. The van der Waals surface area contributed by atoms with Crippen molar-refractivity contribution in [3.05, 3.63) is 35.5 Å². The zero-order valence-electron chi connectivity index (χ0n) is 11.4. The van der Waals surface area contributed by atoms with Gasteiger partial charge in [0.15, 0.2) is 5.13 Å². The van der Waals surface area contributed by atoms with Gasteiger partial charge in [0, 0.05) is 31.1 Å². The SMILES string of the molecule is COC1CCCN(c2nc(-c3ccc(F)cc3)cs2)C1. The fraction of sp³-hybridized carbons (Fsp3) is 0.400. The number of hydrogen-bond acceptors (Lipinski definition) is 4. The van der Waals surface area contributed by atoms with Crippen LogP contribution in [0.25, 0.3) is 11.3 Å². The first kappa shape index (κ1) is 13.5. The van der Waals surface area contributed by atoms with Gasteiger partial charge in [-0.1, -0.05) is 0 Å². The first-order chi connectivity index (χ1) is 9.76. The molecule has 3 rings (SSSR count). The summed E-state index contributed by atoms with van der Waals surface area (Å²) in [4.78, 5) is 6.94. The van der Waals surface area contributed by atoms with Gasteiger partial charge in [0.05, 0.1) is 11.8 Å². The van der Waals surface area contributed by atoms with Crippen molar-refractivity contribution in [1.29, 1.82) is 0 Å². The molecule has 2 aromatic rings. The Morgan fingerprint density at radius 3 is 2.90 bits per heavy atom. The van der Waals surface area contributed by atoms with Crippen LogP contribution in [0.1, 0.15) is 12.8 Å². The smallest absolute Gasteiger partial charge is 0.185 e. The van der Waals surface area contributed by atoms with Crippen LogP contribution in [-0.4, -0.2) is 31.3 Å². The molecule has 1 aliphatic rings. The maximum absolute atomic E-state index is 12.9. The summed E-state index contributed by atoms with van der Waals surface area (Å²) in [5.41, 5.74) is 1.86. The van der Waals surface area contributed by atoms with Crippen LogP contribution >= 0.6 is 11.3 Å². The molecule has 0 radical (unpaired) electrons. The molecule has 3 nitrogen and oxygen atoms in total. The van der Waals surface area contributed by atoms with E-state index in [1.165, 1.54) is 12.1 Å². The third-order valence-electron chi connectivity index (χ3n) is 3.61. The molecule has 0 amide bonds. The number of piperidine rings is 1. The predicted octanol–water partition coefficient (Wildman–Crippen LogP) is 3.56. The molecule has 1 aromatic carbocycles. The molecule has 2 heterocycles. The Balaban J connectivity index is 1.78. The summed E-state index contributed by atoms with van der Waals surface area (Å²) < 4.78 is 18.4. The number of methoxy groups -OCH3 is 1. The van der Waals surface area contributed by atoms with Gasteiger partial charge in [-0.2, -0.15) is 0 Å². The standard InChI is InChI=1S/C15H17FN2OS/c1-19-13-3-2-8-18(9-13)15-17-14(10-20-15)11-4-6-12(16)7-5-11/h4-7,10,13H,2-3,8-9H2,1H3. The van der Waals surface area contributed by atoms with Gasteiger partial charge in [-0.05, 0) is 37.1 Å². The molecule has 1 aromatic heterocycles. The molecule has 0 bridgehead atoms. The van der Waals surface area contributed by atoms with Crippen molar-refractivity contribution >= 4 is 16.5 Å². The number of thiazole rings is 1. The van der Waals surface area contributed by atoms with E-state index in [0.717, 1.165) is 42.3 Å². The van der Waals surface area contributed by atoms with E-state index in [2.05, 4.69) is 9.88 Å². The van der Waals surface area contributed by atoms with E-state index in [0.29, 0.717) is 6.10 Å². The molecule has 0 saturated carbocycles. The number of ether oxygens (including phenoxy) is 1. The number of aromatic nitrogens is 1. The molecule has 5 heteroatoms. The largest absolute Gasteiger partial charge is 0.380 e. The zero-order chi connectivity index (χ0) is 13.9. The fourth-order valence-corrected chi connectivity index (χ4v) is 3.34. The Hall–Kier alpha value is -1.46. The number of nitrogens with zero attached hydrogens (tertiary/aromatic N) is 2. The van der Waals surface area contributed by atoms with E-state index in [-0.39, 0.29) is 5.82 Å². The Labute approximate surface area is 122 Å². The third kappa shape index (κ3) is 2.83. The molecule has 20 heavy (non-hydrogen) atoms. The second kappa shape index (κ2) is 5.89. The van der Waals surface area contributed by atoms with E-state index >= 15 is 0 Å². The minimum absolute atomic E-state index is 0.219. The fourth-order valence-electron chi connectivity index (χ4n) is 2.47. The molecule has 0 N–H and O–H groups in total. The number of halogens is 1. The van der Waals surface area contributed by atoms with Crippen molar-refractivity contribution in [3.8, 4) is 11.3 Å². The summed E-state index contributed by atoms with van der Waals surface area (Å²) in [6.07, 6.45) is 2.54. The normalized spacial score (nSPS) is 19.3. The maximum Gasteiger partial charge on any atom is 0.185 e. The Morgan fingerprint density at radius 1 is 1.35 bits per heavy atom. The van der Waals surface area contributed by atoms with E-state index < -0.39 is 0 Å². The zero-order valence-corrected chi connectivity index (χ0v) is 12.2. The van der Waals surface area contributed by atoms with Crippen molar-refractivity contribution in [2.45, 2.75) is 18.9 Å². The Bertz CT molecular complexity index is 570. The van der Waals surface area contributed by atoms with Gasteiger partial charge in [-0.25, -0.2) is 9.37 Å². The van der Waals surface area contributed by atoms with Crippen LogP contribution in [0.5, 0.6) is 0 Å². The quantitative estimate of drug-likeness (QED) is 0.865. The van der Waals surface area contributed by atoms with Gasteiger partial charge >= 0.3 is 0 Å². The van der Waals surface area contributed by atoms with Gasteiger partial charge in [0.2, 0.25) is 0 Å². The molecule has 1 fully saturated rings. The monoisotopic (exact) mass is 292 g/mol. The van der Waals surface area contributed by atoms with Crippen LogP contribution in [0.3, 0.4) is 0 Å². The highest BCUT2D eigenvalue weighted by Gasteiger charge is 2.21. The second-order valence-electron chi connectivity index (χ2n) is 4.97. The predicted molar refractivity (Wildman–Crippen MR) is 79.8 cm³/mol. The first-order valence-corrected chi connectivity index (χ1v) is 7.63. The number of benzene rings is 1. The van der Waals surface area contributed by atoms with Gasteiger partial charge in [-0.15, -0.1) is 11.3 Å². The summed E-state index contributed by atoms with van der Waals surface area (Å²) in [5, 5.41) is 3.05. The van der Waals surface area contributed by atoms with E-state index in [1.54, 1.807) is 30.6 Å². The highest BCUT2D eigenvalue weighted by Crippen LogP contribution is 2.29. The summed E-state index contributed by atoms with van der Waals surface area (Å²) in [6.45, 7) is 1.92. The van der Waals surface area contributed by atoms with Gasteiger partial charge < -0.3 is 9.64 Å². The first-order valence-electron chi connectivity index (χ1n) is 6.75. The summed E-state index contributed by atoms with van der Waals surface area (Å²) in [6, 6.07) is 6.47. The average Bonchev–Trinajstić information content (AvgIpc) is 2.98. The summed E-state index contributed by atoms with van der Waals surface area (Å²) in [5.74, 6) is -0.219. The van der Waals surface area contributed by atoms with Crippen LogP contribution in [0.2, 0.25) is 0 Å². The molecule has 1 aliphatic heterocycles. The van der Waals surface area contributed by atoms with Crippen molar-refractivity contribution in [2.24, 2.45) is 0 Å². The van der Waals surface area contributed by atoms with Gasteiger partial charge in [0.1, 0.15) is 5.82 Å².